The van der Waals surface area contributed by atoms with Crippen LogP contribution in [-0.2, 0) is 4.57 Å². The first-order valence-electron chi connectivity index (χ1n) is 2.18. The molecule has 0 spiro atoms. The van der Waals surface area contributed by atoms with Gasteiger partial charge in [-0.1, -0.05) is 19.7 Å². The van der Waals surface area contributed by atoms with Gasteiger partial charge in [-0.05, 0) is 17.5 Å². The van der Waals surface area contributed by atoms with E-state index in [9.17, 15) is 4.57 Å². The van der Waals surface area contributed by atoms with E-state index in [2.05, 4.69) is 19.7 Å². The van der Waals surface area contributed by atoms with Gasteiger partial charge in [0.15, 0.2) is 0 Å². The van der Waals surface area contributed by atoms with E-state index < -0.39 is 7.14 Å². The lowest BCUT2D eigenvalue weighted by Crippen LogP contribution is -1.57. The van der Waals surface area contributed by atoms with Crippen LogP contribution in [0.25, 0.3) is 0 Å². The molecule has 0 aliphatic carbocycles. The summed E-state index contributed by atoms with van der Waals surface area (Å²) in [6.07, 6.45) is 0. The van der Waals surface area contributed by atoms with Gasteiger partial charge in [0.25, 0.3) is 0 Å². The second-order valence-electron chi connectivity index (χ2n) is 1.31. The van der Waals surface area contributed by atoms with E-state index in [-0.39, 0.29) is 0 Å². The van der Waals surface area contributed by atoms with Crippen LogP contribution in [-0.4, -0.2) is 0 Å². The standard InChI is InChI=1S/C6H9OP/c1-4-8(7,5-2)6-3/h4-6H,1-3H2. The molecule has 0 atom stereocenters. The molecule has 0 bridgehead atoms. The summed E-state index contributed by atoms with van der Waals surface area (Å²) in [4.78, 5) is 0. The van der Waals surface area contributed by atoms with Gasteiger partial charge in [-0.2, -0.15) is 0 Å². The highest BCUT2D eigenvalue weighted by Crippen LogP contribution is 2.48. The zero-order valence-corrected chi connectivity index (χ0v) is 5.60. The summed E-state index contributed by atoms with van der Waals surface area (Å²) in [5.41, 5.74) is 0. The minimum absolute atomic E-state index is 1.37. The molecule has 0 heterocycles. The van der Waals surface area contributed by atoms with Gasteiger partial charge in [0, 0.05) is 0 Å². The predicted octanol–water partition coefficient (Wildman–Crippen LogP) is 2.78. The maximum Gasteiger partial charge on any atom is 0.148 e. The highest BCUT2D eigenvalue weighted by Gasteiger charge is 2.02. The smallest absolute Gasteiger partial charge is 0.148 e. The Morgan fingerprint density at radius 3 is 1.25 bits per heavy atom. The van der Waals surface area contributed by atoms with Gasteiger partial charge >= 0.3 is 0 Å². The van der Waals surface area contributed by atoms with Crippen molar-refractivity contribution in [2.75, 3.05) is 0 Å². The van der Waals surface area contributed by atoms with Crippen LogP contribution < -0.4 is 0 Å². The average molecular weight is 128 g/mol. The lowest BCUT2D eigenvalue weighted by atomic mass is 11.2. The fourth-order valence-electron chi connectivity index (χ4n) is 0.224. The van der Waals surface area contributed by atoms with Crippen molar-refractivity contribution in [2.24, 2.45) is 0 Å². The third-order valence-electron chi connectivity index (χ3n) is 0.856. The fraction of sp³-hybridized carbons (Fsp3) is 0. The maximum absolute atomic E-state index is 11.0. The first-order valence-corrected chi connectivity index (χ1v) is 4.10. The molecular formula is C6H9OP. The quantitative estimate of drug-likeness (QED) is 0.534. The molecule has 0 aromatic rings. The Bertz CT molecular complexity index is 129. The molecule has 0 aliphatic heterocycles. The number of rotatable bonds is 3. The third kappa shape index (κ3) is 1.51. The van der Waals surface area contributed by atoms with E-state index in [1.54, 1.807) is 0 Å². The Morgan fingerprint density at radius 1 is 1.00 bits per heavy atom. The van der Waals surface area contributed by atoms with Crippen molar-refractivity contribution in [1.82, 2.24) is 0 Å². The molecule has 0 saturated heterocycles. The molecule has 0 rings (SSSR count). The minimum Gasteiger partial charge on any atom is -0.311 e. The summed E-state index contributed by atoms with van der Waals surface area (Å²) in [5.74, 6) is 4.10. The second kappa shape index (κ2) is 2.68. The van der Waals surface area contributed by atoms with E-state index in [4.69, 9.17) is 0 Å². The van der Waals surface area contributed by atoms with Gasteiger partial charge in [0.1, 0.15) is 7.14 Å². The summed E-state index contributed by atoms with van der Waals surface area (Å²) in [6.45, 7) is 10.1. The first-order chi connectivity index (χ1) is 3.68. The molecule has 0 amide bonds. The Kier molecular flexibility index (Phi) is 2.50. The van der Waals surface area contributed by atoms with Gasteiger partial charge in [-0.15, -0.1) is 0 Å². The van der Waals surface area contributed by atoms with Crippen molar-refractivity contribution in [3.63, 3.8) is 0 Å². The monoisotopic (exact) mass is 128 g/mol. The lowest BCUT2D eigenvalue weighted by molar-refractivity contribution is 0.591. The Balaban J connectivity index is 4.45. The molecule has 0 saturated carbocycles. The van der Waals surface area contributed by atoms with Gasteiger partial charge in [0.05, 0.1) is 0 Å². The van der Waals surface area contributed by atoms with Gasteiger partial charge in [0.2, 0.25) is 0 Å². The molecule has 0 aromatic heterocycles. The van der Waals surface area contributed by atoms with Crippen molar-refractivity contribution in [1.29, 1.82) is 0 Å². The van der Waals surface area contributed by atoms with E-state index in [1.807, 2.05) is 0 Å². The van der Waals surface area contributed by atoms with Crippen molar-refractivity contribution in [3.8, 4) is 0 Å². The normalized spacial score (nSPS) is 10.0. The summed E-state index contributed by atoms with van der Waals surface area (Å²) < 4.78 is 11.0. The zero-order chi connectivity index (χ0) is 6.62. The van der Waals surface area contributed by atoms with Crippen molar-refractivity contribution >= 4 is 7.14 Å². The lowest BCUT2D eigenvalue weighted by Gasteiger charge is -1.96. The van der Waals surface area contributed by atoms with Crippen LogP contribution in [0, 0.1) is 0 Å². The fourth-order valence-corrected chi connectivity index (χ4v) is 0.671. The van der Waals surface area contributed by atoms with Crippen LogP contribution in [0.4, 0.5) is 0 Å². The SMILES string of the molecule is C=CP(=O)(C=C)C=C. The van der Waals surface area contributed by atoms with E-state index in [1.165, 1.54) is 17.5 Å². The number of hydrogen-bond acceptors (Lipinski definition) is 1. The van der Waals surface area contributed by atoms with Gasteiger partial charge in [-0.25, -0.2) is 0 Å². The van der Waals surface area contributed by atoms with Crippen LogP contribution in [0.1, 0.15) is 0 Å². The molecule has 1 nitrogen and oxygen atoms in total. The Hall–Kier alpha value is -0.550. The van der Waals surface area contributed by atoms with Crippen LogP contribution in [0.5, 0.6) is 0 Å². The maximum atomic E-state index is 11.0. The van der Waals surface area contributed by atoms with Crippen molar-refractivity contribution in [2.45, 2.75) is 0 Å². The highest BCUT2D eigenvalue weighted by molar-refractivity contribution is 7.72. The average Bonchev–Trinajstić information content (AvgIpc) is 1.87. The zero-order valence-electron chi connectivity index (χ0n) is 4.71. The Labute approximate surface area is 49.8 Å². The second-order valence-corrected chi connectivity index (χ2v) is 3.93. The minimum atomic E-state index is -2.37. The van der Waals surface area contributed by atoms with Crippen LogP contribution in [0.2, 0.25) is 0 Å². The van der Waals surface area contributed by atoms with Gasteiger partial charge < -0.3 is 4.57 Å². The van der Waals surface area contributed by atoms with E-state index in [0.29, 0.717) is 0 Å². The third-order valence-corrected chi connectivity index (χ3v) is 2.57. The highest BCUT2D eigenvalue weighted by atomic mass is 31.2. The molecule has 0 unspecified atom stereocenters. The molecular weight excluding hydrogens is 119 g/mol. The summed E-state index contributed by atoms with van der Waals surface area (Å²) in [5, 5.41) is 0. The molecule has 8 heavy (non-hydrogen) atoms. The molecule has 0 aliphatic rings. The topological polar surface area (TPSA) is 17.1 Å². The first kappa shape index (κ1) is 7.45. The summed E-state index contributed by atoms with van der Waals surface area (Å²) in [6, 6.07) is 0. The van der Waals surface area contributed by atoms with Crippen molar-refractivity contribution < 1.29 is 4.57 Å². The molecule has 44 valence electrons. The van der Waals surface area contributed by atoms with Crippen LogP contribution in [0.3, 0.4) is 0 Å². The summed E-state index contributed by atoms with van der Waals surface area (Å²) in [7, 11) is -2.37. The van der Waals surface area contributed by atoms with E-state index >= 15 is 0 Å². The largest absolute Gasteiger partial charge is 0.311 e. The molecule has 0 fully saturated rings. The molecule has 0 N–H and O–H groups in total. The van der Waals surface area contributed by atoms with Crippen molar-refractivity contribution in [3.05, 3.63) is 37.2 Å². The number of hydrogen-bond donors (Lipinski definition) is 0. The molecule has 0 aromatic carbocycles. The molecule has 2 heteroatoms. The Morgan fingerprint density at radius 2 is 1.25 bits per heavy atom. The van der Waals surface area contributed by atoms with Crippen LogP contribution in [0.15, 0.2) is 37.2 Å². The van der Waals surface area contributed by atoms with Gasteiger partial charge in [-0.3, -0.25) is 0 Å². The molecule has 0 radical (unpaired) electrons. The predicted molar refractivity (Wildman–Crippen MR) is 38.2 cm³/mol. The summed E-state index contributed by atoms with van der Waals surface area (Å²) >= 11 is 0. The van der Waals surface area contributed by atoms with Crippen LogP contribution >= 0.6 is 7.14 Å². The van der Waals surface area contributed by atoms with E-state index in [0.717, 1.165) is 0 Å².